The summed E-state index contributed by atoms with van der Waals surface area (Å²) in [4.78, 5) is 21.1. The fourth-order valence-corrected chi connectivity index (χ4v) is 3.86. The molecule has 6 nitrogen and oxygen atoms in total. The molecule has 0 saturated heterocycles. The molecule has 0 aliphatic carbocycles. The van der Waals surface area contributed by atoms with Gasteiger partial charge in [0.15, 0.2) is 5.69 Å². The van der Waals surface area contributed by atoms with E-state index in [9.17, 15) is 4.79 Å². The summed E-state index contributed by atoms with van der Waals surface area (Å²) in [7, 11) is 0. The van der Waals surface area contributed by atoms with Crippen LogP contribution in [0.15, 0.2) is 60.9 Å². The average Bonchev–Trinajstić information content (AvgIpc) is 2.94. The molecule has 0 radical (unpaired) electrons. The topological polar surface area (TPSA) is 70.5 Å². The first-order valence-corrected chi connectivity index (χ1v) is 13.7. The van der Waals surface area contributed by atoms with Crippen LogP contribution in [0.3, 0.4) is 0 Å². The average molecular weight is 505 g/mol. The Bertz CT molecular complexity index is 1030. The lowest BCUT2D eigenvalue weighted by molar-refractivity contribution is 0.0728. The summed E-state index contributed by atoms with van der Waals surface area (Å²) in [6, 6.07) is 14.8. The van der Waals surface area contributed by atoms with Gasteiger partial charge in [0.05, 0.1) is 31.3 Å². The normalized spacial score (nSPS) is 10.8. The molecule has 1 aromatic heterocycles. The zero-order valence-corrected chi connectivity index (χ0v) is 22.3. The Balaban J connectivity index is 1.43. The maximum Gasteiger partial charge on any atom is 0.363 e. The highest BCUT2D eigenvalue weighted by atomic mass is 16.5. The Hall–Kier alpha value is -3.41. The van der Waals surface area contributed by atoms with Crippen LogP contribution in [0, 0.1) is 0 Å². The number of hydrogen-bond acceptors (Lipinski definition) is 6. The predicted octanol–water partition coefficient (Wildman–Crippen LogP) is 8.06. The second-order valence-corrected chi connectivity index (χ2v) is 9.20. The van der Waals surface area contributed by atoms with Gasteiger partial charge in [-0.15, -0.1) is 0 Å². The van der Waals surface area contributed by atoms with Crippen molar-refractivity contribution >= 4 is 5.97 Å². The molecule has 3 aromatic rings. The summed E-state index contributed by atoms with van der Waals surface area (Å²) in [5.41, 5.74) is 1.74. The molecule has 0 fully saturated rings. The summed E-state index contributed by atoms with van der Waals surface area (Å²) in [6.07, 6.45) is 15.1. The van der Waals surface area contributed by atoms with E-state index in [1.807, 2.05) is 36.4 Å². The van der Waals surface area contributed by atoms with Crippen LogP contribution in [-0.4, -0.2) is 29.2 Å². The Labute approximate surface area is 221 Å². The molecule has 6 heteroatoms. The zero-order chi connectivity index (χ0) is 26.1. The highest BCUT2D eigenvalue weighted by molar-refractivity contribution is 5.88. The SMILES string of the molecule is CCCCCCCOc1ccc(OC(=O)c2cnc(-c3ccc(OCCCCCCC)cc3)cn2)cc1. The summed E-state index contributed by atoms with van der Waals surface area (Å²) in [5, 5.41) is 0. The zero-order valence-electron chi connectivity index (χ0n) is 22.3. The Morgan fingerprint density at radius 3 is 1.65 bits per heavy atom. The lowest BCUT2D eigenvalue weighted by Gasteiger charge is -2.08. The molecule has 0 saturated carbocycles. The molecule has 0 N–H and O–H groups in total. The van der Waals surface area contributed by atoms with Crippen molar-refractivity contribution in [2.24, 2.45) is 0 Å². The molecule has 2 aromatic carbocycles. The number of aromatic nitrogens is 2. The van der Waals surface area contributed by atoms with Crippen LogP contribution >= 0.6 is 0 Å². The van der Waals surface area contributed by atoms with Crippen LogP contribution in [0.2, 0.25) is 0 Å². The van der Waals surface area contributed by atoms with Gasteiger partial charge < -0.3 is 14.2 Å². The second kappa shape index (κ2) is 16.4. The van der Waals surface area contributed by atoms with Crippen LogP contribution in [0.4, 0.5) is 0 Å². The van der Waals surface area contributed by atoms with E-state index >= 15 is 0 Å². The fourth-order valence-electron chi connectivity index (χ4n) is 3.86. The lowest BCUT2D eigenvalue weighted by atomic mass is 10.1. The molecule has 0 unspecified atom stereocenters. The number of hydrogen-bond donors (Lipinski definition) is 0. The van der Waals surface area contributed by atoms with Gasteiger partial charge in [-0.25, -0.2) is 9.78 Å². The molecule has 198 valence electrons. The van der Waals surface area contributed by atoms with Gasteiger partial charge in [-0.3, -0.25) is 4.98 Å². The molecule has 0 aliphatic rings. The van der Waals surface area contributed by atoms with Crippen molar-refractivity contribution in [1.29, 1.82) is 0 Å². The summed E-state index contributed by atoms with van der Waals surface area (Å²) in [5.74, 6) is 1.50. The van der Waals surface area contributed by atoms with Crippen LogP contribution in [-0.2, 0) is 0 Å². The molecule has 0 atom stereocenters. The molecule has 3 rings (SSSR count). The van der Waals surface area contributed by atoms with Crippen molar-refractivity contribution in [3.63, 3.8) is 0 Å². The number of esters is 1. The largest absolute Gasteiger partial charge is 0.494 e. The standard InChI is InChI=1S/C31H40N2O4/c1-3-5-7-9-11-21-35-26-15-13-25(14-16-26)29-23-33-30(24-32-29)31(34)37-28-19-17-27(18-20-28)36-22-12-10-8-6-4-2/h13-20,23-24H,3-12,21-22H2,1-2H3. The third-order valence-corrected chi connectivity index (χ3v) is 6.08. The van der Waals surface area contributed by atoms with Crippen LogP contribution in [0.5, 0.6) is 17.2 Å². The van der Waals surface area contributed by atoms with E-state index in [1.54, 1.807) is 18.3 Å². The second-order valence-electron chi connectivity index (χ2n) is 9.20. The molecular weight excluding hydrogens is 464 g/mol. The van der Waals surface area contributed by atoms with E-state index in [0.29, 0.717) is 18.1 Å². The molecule has 0 amide bonds. The number of nitrogens with zero attached hydrogens (tertiary/aromatic N) is 2. The van der Waals surface area contributed by atoms with Crippen molar-refractivity contribution < 1.29 is 19.0 Å². The highest BCUT2D eigenvalue weighted by Crippen LogP contribution is 2.22. The first-order chi connectivity index (χ1) is 18.2. The van der Waals surface area contributed by atoms with Crippen molar-refractivity contribution in [3.05, 3.63) is 66.6 Å². The van der Waals surface area contributed by atoms with Gasteiger partial charge in [0.25, 0.3) is 0 Å². The van der Waals surface area contributed by atoms with Gasteiger partial charge in [-0.1, -0.05) is 65.2 Å². The van der Waals surface area contributed by atoms with E-state index < -0.39 is 5.97 Å². The molecule has 0 spiro atoms. The maximum absolute atomic E-state index is 12.5. The van der Waals surface area contributed by atoms with E-state index in [2.05, 4.69) is 23.8 Å². The van der Waals surface area contributed by atoms with Crippen molar-refractivity contribution in [3.8, 4) is 28.5 Å². The van der Waals surface area contributed by atoms with Gasteiger partial charge in [0.2, 0.25) is 0 Å². The predicted molar refractivity (Wildman–Crippen MR) is 147 cm³/mol. The molecule has 0 aliphatic heterocycles. The third kappa shape index (κ3) is 10.2. The first kappa shape index (κ1) is 28.2. The Morgan fingerprint density at radius 1 is 0.622 bits per heavy atom. The minimum absolute atomic E-state index is 0.152. The fraction of sp³-hybridized carbons (Fsp3) is 0.452. The Kier molecular flexibility index (Phi) is 12.5. The summed E-state index contributed by atoms with van der Waals surface area (Å²) >= 11 is 0. The van der Waals surface area contributed by atoms with Crippen LogP contribution in [0.25, 0.3) is 11.3 Å². The molecular formula is C31H40N2O4. The van der Waals surface area contributed by atoms with Crippen LogP contribution < -0.4 is 14.2 Å². The number of unbranched alkanes of at least 4 members (excludes halogenated alkanes) is 8. The monoisotopic (exact) mass is 504 g/mol. The maximum atomic E-state index is 12.5. The lowest BCUT2D eigenvalue weighted by Crippen LogP contribution is -2.11. The number of rotatable bonds is 17. The first-order valence-electron chi connectivity index (χ1n) is 13.7. The third-order valence-electron chi connectivity index (χ3n) is 6.08. The number of benzene rings is 2. The quantitative estimate of drug-likeness (QED) is 0.105. The van der Waals surface area contributed by atoms with Gasteiger partial charge in [-0.2, -0.15) is 0 Å². The minimum Gasteiger partial charge on any atom is -0.494 e. The number of carbonyl (C=O) groups excluding carboxylic acids is 1. The van der Waals surface area contributed by atoms with Crippen molar-refractivity contribution in [2.45, 2.75) is 78.1 Å². The smallest absolute Gasteiger partial charge is 0.363 e. The van der Waals surface area contributed by atoms with Crippen LogP contribution in [0.1, 0.15) is 88.5 Å². The van der Waals surface area contributed by atoms with Gasteiger partial charge in [0, 0.05) is 5.56 Å². The number of ether oxygens (including phenoxy) is 3. The van der Waals surface area contributed by atoms with E-state index in [4.69, 9.17) is 14.2 Å². The molecule has 0 bridgehead atoms. The van der Waals surface area contributed by atoms with Crippen molar-refractivity contribution in [1.82, 2.24) is 9.97 Å². The number of carbonyl (C=O) groups is 1. The van der Waals surface area contributed by atoms with Gasteiger partial charge in [0.1, 0.15) is 17.2 Å². The van der Waals surface area contributed by atoms with Gasteiger partial charge in [-0.05, 0) is 61.4 Å². The van der Waals surface area contributed by atoms with E-state index in [0.717, 1.165) is 36.5 Å². The summed E-state index contributed by atoms with van der Waals surface area (Å²) in [6.45, 7) is 5.85. The van der Waals surface area contributed by atoms with E-state index in [-0.39, 0.29) is 5.69 Å². The van der Waals surface area contributed by atoms with Gasteiger partial charge >= 0.3 is 5.97 Å². The van der Waals surface area contributed by atoms with Crippen molar-refractivity contribution in [2.75, 3.05) is 13.2 Å². The Morgan fingerprint density at radius 2 is 1.14 bits per heavy atom. The summed E-state index contributed by atoms with van der Waals surface area (Å²) < 4.78 is 17.0. The molecule has 1 heterocycles. The molecule has 37 heavy (non-hydrogen) atoms. The van der Waals surface area contributed by atoms with E-state index in [1.165, 1.54) is 57.6 Å². The minimum atomic E-state index is -0.550. The highest BCUT2D eigenvalue weighted by Gasteiger charge is 2.12.